The van der Waals surface area contributed by atoms with Gasteiger partial charge in [0.2, 0.25) is 0 Å². The van der Waals surface area contributed by atoms with E-state index in [0.717, 1.165) is 12.1 Å². The third-order valence-corrected chi connectivity index (χ3v) is 3.57. The number of fused-ring (bicyclic) bond motifs is 1. The fourth-order valence-electron chi connectivity index (χ4n) is 2.55. The van der Waals surface area contributed by atoms with Crippen LogP contribution in [0.4, 0.5) is 0 Å². The predicted octanol–water partition coefficient (Wildman–Crippen LogP) is 0.907. The molecule has 0 saturated carbocycles. The Kier molecular flexibility index (Phi) is 3.46. The van der Waals surface area contributed by atoms with Crippen LogP contribution in [-0.2, 0) is 15.0 Å². The van der Waals surface area contributed by atoms with E-state index < -0.39 is 46.8 Å². The van der Waals surface area contributed by atoms with Gasteiger partial charge in [0.1, 0.15) is 0 Å². The smallest absolute Gasteiger partial charge is 0.336 e. The summed E-state index contributed by atoms with van der Waals surface area (Å²) in [6.45, 7) is 0. The van der Waals surface area contributed by atoms with E-state index >= 15 is 0 Å². The first kappa shape index (κ1) is 15.2. The first-order valence-corrected chi connectivity index (χ1v) is 6.01. The van der Waals surface area contributed by atoms with Gasteiger partial charge < -0.3 is 20.4 Å². The van der Waals surface area contributed by atoms with Gasteiger partial charge in [0.05, 0.1) is 11.1 Å². The molecule has 1 aromatic carbocycles. The molecule has 0 aromatic heterocycles. The van der Waals surface area contributed by atoms with Crippen molar-refractivity contribution in [3.63, 3.8) is 0 Å². The van der Waals surface area contributed by atoms with Crippen molar-refractivity contribution in [2.24, 2.45) is 0 Å². The zero-order chi connectivity index (χ0) is 16.7. The number of carboxylic acid groups (broad SMARTS) is 4. The molecule has 0 amide bonds. The molecule has 0 radical (unpaired) electrons. The number of carboxylic acids is 4. The third-order valence-electron chi connectivity index (χ3n) is 3.57. The van der Waals surface area contributed by atoms with Gasteiger partial charge in [0.25, 0.3) is 0 Å². The van der Waals surface area contributed by atoms with Crippen molar-refractivity contribution in [2.45, 2.75) is 11.8 Å². The van der Waals surface area contributed by atoms with Crippen LogP contribution in [0.2, 0.25) is 0 Å². The lowest BCUT2D eigenvalue weighted by Gasteiger charge is -2.30. The van der Waals surface area contributed by atoms with Crippen LogP contribution in [0.3, 0.4) is 0 Å². The maximum atomic E-state index is 11.6. The Hall–Kier alpha value is -3.16. The van der Waals surface area contributed by atoms with Crippen LogP contribution in [-0.4, -0.2) is 44.3 Å². The Morgan fingerprint density at radius 2 is 1.36 bits per heavy atom. The van der Waals surface area contributed by atoms with Crippen LogP contribution in [0.1, 0.15) is 38.3 Å². The fourth-order valence-corrected chi connectivity index (χ4v) is 2.55. The van der Waals surface area contributed by atoms with Crippen molar-refractivity contribution in [2.75, 3.05) is 0 Å². The first-order valence-electron chi connectivity index (χ1n) is 6.01. The van der Waals surface area contributed by atoms with Crippen molar-refractivity contribution in [3.8, 4) is 0 Å². The standard InChI is InChI=1S/C14H10O8/c15-10(16)7-3-4-8(11(17)18)9-6(7)2-1-5-14(9,12(19)20)13(21)22/h1-4H,5H2,(H,15,16)(H,17,18)(H,19,20)(H,21,22). The lowest BCUT2D eigenvalue weighted by molar-refractivity contribution is -0.157. The second kappa shape index (κ2) is 4.99. The average Bonchev–Trinajstić information content (AvgIpc) is 2.44. The Bertz CT molecular complexity index is 729. The largest absolute Gasteiger partial charge is 0.480 e. The minimum absolute atomic E-state index is 0.219. The second-order valence-electron chi connectivity index (χ2n) is 4.68. The molecule has 114 valence electrons. The highest BCUT2D eigenvalue weighted by atomic mass is 16.4. The lowest BCUT2D eigenvalue weighted by Crippen LogP contribution is -2.46. The summed E-state index contributed by atoms with van der Waals surface area (Å²) in [6.07, 6.45) is 1.96. The summed E-state index contributed by atoms with van der Waals surface area (Å²) in [6, 6.07) is 1.92. The topological polar surface area (TPSA) is 149 Å². The molecular weight excluding hydrogens is 296 g/mol. The van der Waals surface area contributed by atoms with Gasteiger partial charge in [0, 0.05) is 5.56 Å². The van der Waals surface area contributed by atoms with E-state index in [4.69, 9.17) is 5.11 Å². The zero-order valence-electron chi connectivity index (χ0n) is 10.9. The van der Waals surface area contributed by atoms with E-state index in [2.05, 4.69) is 0 Å². The molecule has 4 N–H and O–H groups in total. The van der Waals surface area contributed by atoms with Gasteiger partial charge in [0.15, 0.2) is 5.41 Å². The van der Waals surface area contributed by atoms with E-state index in [1.807, 2.05) is 0 Å². The molecule has 1 aromatic rings. The molecule has 22 heavy (non-hydrogen) atoms. The Labute approximate surface area is 122 Å². The Balaban J connectivity index is 2.99. The summed E-state index contributed by atoms with van der Waals surface area (Å²) in [5, 5.41) is 37.1. The molecule has 0 atom stereocenters. The average molecular weight is 306 g/mol. The van der Waals surface area contributed by atoms with Gasteiger partial charge in [-0.1, -0.05) is 12.2 Å². The van der Waals surface area contributed by atoms with Gasteiger partial charge in [-0.25, -0.2) is 9.59 Å². The minimum Gasteiger partial charge on any atom is -0.480 e. The predicted molar refractivity (Wildman–Crippen MR) is 71.0 cm³/mol. The Morgan fingerprint density at radius 1 is 0.864 bits per heavy atom. The van der Waals surface area contributed by atoms with Crippen LogP contribution in [0.25, 0.3) is 6.08 Å². The van der Waals surface area contributed by atoms with Crippen LogP contribution in [0.15, 0.2) is 18.2 Å². The summed E-state index contributed by atoms with van der Waals surface area (Å²) in [4.78, 5) is 45.7. The molecule has 8 heteroatoms. The molecule has 0 saturated heterocycles. The maximum Gasteiger partial charge on any atom is 0.336 e. The summed E-state index contributed by atoms with van der Waals surface area (Å²) < 4.78 is 0. The lowest BCUT2D eigenvalue weighted by atomic mass is 9.69. The summed E-state index contributed by atoms with van der Waals surface area (Å²) >= 11 is 0. The SMILES string of the molecule is O=C(O)c1ccc(C(=O)O)c2c1C=CCC2(C(=O)O)C(=O)O. The highest BCUT2D eigenvalue weighted by molar-refractivity contribution is 6.11. The molecule has 0 unspecified atom stereocenters. The van der Waals surface area contributed by atoms with Crippen molar-refractivity contribution >= 4 is 30.0 Å². The second-order valence-corrected chi connectivity index (χ2v) is 4.68. The van der Waals surface area contributed by atoms with Gasteiger partial charge in [-0.05, 0) is 24.1 Å². The summed E-state index contributed by atoms with van der Waals surface area (Å²) in [5.74, 6) is -6.45. The molecule has 8 nitrogen and oxygen atoms in total. The number of aliphatic carboxylic acids is 2. The number of rotatable bonds is 4. The van der Waals surface area contributed by atoms with Gasteiger partial charge in [-0.2, -0.15) is 0 Å². The van der Waals surface area contributed by atoms with Crippen molar-refractivity contribution in [1.29, 1.82) is 0 Å². The van der Waals surface area contributed by atoms with Gasteiger partial charge in [-0.3, -0.25) is 9.59 Å². The normalized spacial score (nSPS) is 14.9. The monoisotopic (exact) mass is 306 g/mol. The van der Waals surface area contributed by atoms with Crippen LogP contribution >= 0.6 is 0 Å². The van der Waals surface area contributed by atoms with E-state index in [0.29, 0.717) is 0 Å². The molecular formula is C14H10O8. The third kappa shape index (κ3) is 1.93. The molecule has 1 aliphatic rings. The van der Waals surface area contributed by atoms with Crippen LogP contribution in [0.5, 0.6) is 0 Å². The molecule has 0 spiro atoms. The highest BCUT2D eigenvalue weighted by Gasteiger charge is 2.52. The number of hydrogen-bond donors (Lipinski definition) is 4. The molecule has 0 aliphatic heterocycles. The van der Waals surface area contributed by atoms with E-state index in [9.17, 15) is 34.5 Å². The summed E-state index contributed by atoms with van der Waals surface area (Å²) in [7, 11) is 0. The number of carbonyl (C=O) groups is 4. The van der Waals surface area contributed by atoms with Gasteiger partial charge in [-0.15, -0.1) is 0 Å². The van der Waals surface area contributed by atoms with Crippen LogP contribution < -0.4 is 0 Å². The van der Waals surface area contributed by atoms with Crippen molar-refractivity contribution in [1.82, 2.24) is 0 Å². The quantitative estimate of drug-likeness (QED) is 0.599. The fraction of sp³-hybridized carbons (Fsp3) is 0.143. The number of benzene rings is 1. The Morgan fingerprint density at radius 3 is 1.82 bits per heavy atom. The molecule has 0 heterocycles. The molecule has 2 rings (SSSR count). The van der Waals surface area contributed by atoms with E-state index in [1.165, 1.54) is 12.2 Å². The minimum atomic E-state index is -2.54. The number of aromatic carboxylic acids is 2. The van der Waals surface area contributed by atoms with E-state index in [1.54, 1.807) is 0 Å². The zero-order valence-corrected chi connectivity index (χ0v) is 10.9. The van der Waals surface area contributed by atoms with E-state index in [-0.39, 0.29) is 11.1 Å². The number of hydrogen-bond acceptors (Lipinski definition) is 4. The number of allylic oxidation sites excluding steroid dienone is 1. The molecule has 1 aliphatic carbocycles. The maximum absolute atomic E-state index is 11.6. The first-order chi connectivity index (χ1) is 10.2. The van der Waals surface area contributed by atoms with Gasteiger partial charge >= 0.3 is 23.9 Å². The highest BCUT2D eigenvalue weighted by Crippen LogP contribution is 2.40. The van der Waals surface area contributed by atoms with Crippen molar-refractivity contribution in [3.05, 3.63) is 40.5 Å². The summed E-state index contributed by atoms with van der Waals surface area (Å²) in [5.41, 5.74) is -4.19. The van der Waals surface area contributed by atoms with Crippen LogP contribution in [0, 0.1) is 0 Å². The molecule has 0 fully saturated rings. The molecule has 0 bridgehead atoms. The van der Waals surface area contributed by atoms with Crippen molar-refractivity contribution < 1.29 is 39.6 Å².